The summed E-state index contributed by atoms with van der Waals surface area (Å²) in [4.78, 5) is 26.0. The van der Waals surface area contributed by atoms with Crippen LogP contribution in [0.15, 0.2) is 40.6 Å². The highest BCUT2D eigenvalue weighted by atomic mass is 16.6. The maximum atomic E-state index is 11.4. The number of nitro groups is 1. The number of hydrogen-bond acceptors (Lipinski definition) is 5. The van der Waals surface area contributed by atoms with Crippen molar-refractivity contribution < 1.29 is 14.8 Å². The molecule has 0 radical (unpaired) electrons. The average molecular weight is 260 g/mol. The van der Waals surface area contributed by atoms with Crippen molar-refractivity contribution in [2.45, 2.75) is 19.8 Å². The Morgan fingerprint density at radius 3 is 2.68 bits per heavy atom. The van der Waals surface area contributed by atoms with Crippen LogP contribution in [0.4, 0.5) is 11.4 Å². The summed E-state index contributed by atoms with van der Waals surface area (Å²) in [5.41, 5.74) is 0.651. The summed E-state index contributed by atoms with van der Waals surface area (Å²) in [6.45, 7) is 1.34. The maximum absolute atomic E-state index is 11.4. The first-order valence-electron chi connectivity index (χ1n) is 5.75. The molecule has 1 N–H and O–H groups in total. The number of aliphatic imine (C=N–C) groups is 1. The molecule has 1 aliphatic rings. The first kappa shape index (κ1) is 12.9. The van der Waals surface area contributed by atoms with E-state index in [9.17, 15) is 20.0 Å². The molecule has 19 heavy (non-hydrogen) atoms. The van der Waals surface area contributed by atoms with Crippen LogP contribution in [0, 0.1) is 10.1 Å². The van der Waals surface area contributed by atoms with E-state index in [0.29, 0.717) is 18.6 Å². The number of hydrogen-bond donors (Lipinski definition) is 1. The van der Waals surface area contributed by atoms with Crippen LogP contribution in [-0.2, 0) is 4.79 Å². The van der Waals surface area contributed by atoms with Crippen LogP contribution in [0.25, 0.3) is 0 Å². The molecule has 0 saturated heterocycles. The summed E-state index contributed by atoms with van der Waals surface area (Å²) in [7, 11) is 0. The van der Waals surface area contributed by atoms with Gasteiger partial charge in [0.05, 0.1) is 16.2 Å². The zero-order chi connectivity index (χ0) is 14.0. The Hall–Kier alpha value is -2.50. The largest absolute Gasteiger partial charge is 0.511 e. The predicted molar refractivity (Wildman–Crippen MR) is 69.8 cm³/mol. The van der Waals surface area contributed by atoms with Crippen LogP contribution in [0.2, 0.25) is 0 Å². The van der Waals surface area contributed by atoms with Crippen molar-refractivity contribution >= 4 is 22.9 Å². The molecule has 1 aromatic carbocycles. The van der Waals surface area contributed by atoms with E-state index in [0.717, 1.165) is 0 Å². The lowest BCUT2D eigenvalue weighted by Gasteiger charge is -2.02. The van der Waals surface area contributed by atoms with E-state index in [2.05, 4.69) is 4.99 Å². The fourth-order valence-corrected chi connectivity index (χ4v) is 2.03. The molecular weight excluding hydrogens is 248 g/mol. The van der Waals surface area contributed by atoms with Crippen molar-refractivity contribution in [2.75, 3.05) is 0 Å². The Morgan fingerprint density at radius 1 is 1.37 bits per heavy atom. The molecule has 0 bridgehead atoms. The van der Waals surface area contributed by atoms with Crippen LogP contribution in [0.5, 0.6) is 0 Å². The van der Waals surface area contributed by atoms with Gasteiger partial charge in [0.15, 0.2) is 5.78 Å². The number of Topliss-reactive ketones (excluding diaryl/α,β-unsaturated/α-hetero) is 1. The zero-order valence-corrected chi connectivity index (χ0v) is 10.3. The molecule has 2 rings (SSSR count). The minimum atomic E-state index is -0.522. The first-order chi connectivity index (χ1) is 9.00. The second-order valence-corrected chi connectivity index (χ2v) is 4.18. The van der Waals surface area contributed by atoms with Gasteiger partial charge in [0.2, 0.25) is 0 Å². The topological polar surface area (TPSA) is 92.8 Å². The molecule has 6 nitrogen and oxygen atoms in total. The molecule has 6 heteroatoms. The summed E-state index contributed by atoms with van der Waals surface area (Å²) in [5, 5.41) is 20.5. The molecule has 0 aromatic heterocycles. The van der Waals surface area contributed by atoms with Gasteiger partial charge < -0.3 is 5.11 Å². The van der Waals surface area contributed by atoms with Crippen LogP contribution in [0.3, 0.4) is 0 Å². The number of rotatable bonds is 3. The molecule has 0 atom stereocenters. The van der Waals surface area contributed by atoms with Gasteiger partial charge in [-0.25, -0.2) is 4.99 Å². The Labute approximate surface area is 109 Å². The number of aliphatic hydroxyl groups excluding tert-OH is 1. The number of nitrogens with zero attached hydrogens (tertiary/aromatic N) is 2. The number of allylic oxidation sites excluding steroid dienone is 2. The monoisotopic (exact) mass is 260 g/mol. The van der Waals surface area contributed by atoms with Crippen molar-refractivity contribution in [2.24, 2.45) is 4.99 Å². The third-order valence-electron chi connectivity index (χ3n) is 2.86. The average Bonchev–Trinajstić information content (AvgIpc) is 2.71. The molecular formula is C13H12N2O4. The van der Waals surface area contributed by atoms with Gasteiger partial charge in [0, 0.05) is 12.5 Å². The van der Waals surface area contributed by atoms with Gasteiger partial charge in [-0.2, -0.15) is 0 Å². The van der Waals surface area contributed by atoms with E-state index in [4.69, 9.17) is 0 Å². The standard InChI is InChI=1S/C13H12N2O4/c1-8(16)13-10(6-7-12(13)17)14-9-4-2-3-5-11(9)15(18)19/h2-5,17H,6-7H2,1H3. The fourth-order valence-electron chi connectivity index (χ4n) is 2.03. The van der Waals surface area contributed by atoms with Crippen LogP contribution < -0.4 is 0 Å². The highest BCUT2D eigenvalue weighted by molar-refractivity contribution is 6.24. The Kier molecular flexibility index (Phi) is 3.41. The SMILES string of the molecule is CC(=O)C1=C(O)CCC1=Nc1ccccc1[N+](=O)[O-]. The number of carbonyl (C=O) groups is 1. The number of para-hydroxylation sites is 2. The van der Waals surface area contributed by atoms with E-state index in [1.807, 2.05) is 0 Å². The number of aliphatic hydroxyl groups is 1. The zero-order valence-electron chi connectivity index (χ0n) is 10.3. The van der Waals surface area contributed by atoms with Gasteiger partial charge in [-0.15, -0.1) is 0 Å². The number of benzene rings is 1. The molecule has 0 spiro atoms. The van der Waals surface area contributed by atoms with Crippen molar-refractivity contribution in [3.8, 4) is 0 Å². The van der Waals surface area contributed by atoms with Crippen molar-refractivity contribution in [1.82, 2.24) is 0 Å². The Bertz CT molecular complexity index is 617. The normalized spacial score (nSPS) is 17.0. The van der Waals surface area contributed by atoms with Gasteiger partial charge in [0.1, 0.15) is 11.4 Å². The van der Waals surface area contributed by atoms with Gasteiger partial charge in [0.25, 0.3) is 5.69 Å². The first-order valence-corrected chi connectivity index (χ1v) is 5.75. The second kappa shape index (κ2) is 5.01. The third-order valence-corrected chi connectivity index (χ3v) is 2.86. The quantitative estimate of drug-likeness (QED) is 0.668. The third kappa shape index (κ3) is 2.52. The van der Waals surface area contributed by atoms with Crippen molar-refractivity contribution in [3.63, 3.8) is 0 Å². The fraction of sp³-hybridized carbons (Fsp3) is 0.231. The highest BCUT2D eigenvalue weighted by Gasteiger charge is 2.25. The van der Waals surface area contributed by atoms with Gasteiger partial charge in [-0.3, -0.25) is 14.9 Å². The molecule has 1 aromatic rings. The van der Waals surface area contributed by atoms with E-state index >= 15 is 0 Å². The van der Waals surface area contributed by atoms with E-state index in [1.54, 1.807) is 12.1 Å². The summed E-state index contributed by atoms with van der Waals surface area (Å²) in [5.74, 6) is -0.280. The van der Waals surface area contributed by atoms with E-state index in [1.165, 1.54) is 19.1 Å². The molecule has 0 fully saturated rings. The lowest BCUT2D eigenvalue weighted by atomic mass is 10.1. The predicted octanol–water partition coefficient (Wildman–Crippen LogP) is 2.86. The Balaban J connectivity index is 2.49. The molecule has 1 aliphatic carbocycles. The molecule has 0 aliphatic heterocycles. The van der Waals surface area contributed by atoms with Crippen LogP contribution in [-0.4, -0.2) is 21.5 Å². The summed E-state index contributed by atoms with van der Waals surface area (Å²) >= 11 is 0. The molecule has 0 saturated carbocycles. The molecule has 0 heterocycles. The molecule has 0 unspecified atom stereocenters. The summed E-state index contributed by atoms with van der Waals surface area (Å²) in [6.07, 6.45) is 0.751. The van der Waals surface area contributed by atoms with Crippen LogP contribution in [0.1, 0.15) is 19.8 Å². The Morgan fingerprint density at radius 2 is 2.05 bits per heavy atom. The lowest BCUT2D eigenvalue weighted by molar-refractivity contribution is -0.384. The molecule has 98 valence electrons. The van der Waals surface area contributed by atoms with Gasteiger partial charge >= 0.3 is 0 Å². The van der Waals surface area contributed by atoms with Gasteiger partial charge in [-0.1, -0.05) is 12.1 Å². The van der Waals surface area contributed by atoms with Crippen molar-refractivity contribution in [3.05, 3.63) is 45.7 Å². The number of nitro benzene ring substituents is 1. The smallest absolute Gasteiger partial charge is 0.294 e. The lowest BCUT2D eigenvalue weighted by Crippen LogP contribution is -2.06. The second-order valence-electron chi connectivity index (χ2n) is 4.18. The maximum Gasteiger partial charge on any atom is 0.294 e. The summed E-state index contributed by atoms with van der Waals surface area (Å²) in [6, 6.07) is 6.05. The number of carbonyl (C=O) groups excluding carboxylic acids is 1. The van der Waals surface area contributed by atoms with Gasteiger partial charge in [-0.05, 0) is 19.4 Å². The number of ketones is 1. The molecule has 0 amide bonds. The van der Waals surface area contributed by atoms with E-state index in [-0.39, 0.29) is 28.5 Å². The van der Waals surface area contributed by atoms with Crippen molar-refractivity contribution in [1.29, 1.82) is 0 Å². The highest BCUT2D eigenvalue weighted by Crippen LogP contribution is 2.30. The summed E-state index contributed by atoms with van der Waals surface area (Å²) < 4.78 is 0. The minimum Gasteiger partial charge on any atom is -0.511 e. The van der Waals surface area contributed by atoms with Crippen LogP contribution >= 0.6 is 0 Å². The van der Waals surface area contributed by atoms with E-state index < -0.39 is 4.92 Å². The minimum absolute atomic E-state index is 0.00448.